The van der Waals surface area contributed by atoms with Crippen molar-refractivity contribution in [3.05, 3.63) is 53.6 Å². The summed E-state index contributed by atoms with van der Waals surface area (Å²) in [6, 6.07) is 6.75. The zero-order valence-corrected chi connectivity index (χ0v) is 11.4. The molecule has 2 aromatic rings. The molecule has 5 heteroatoms. The lowest BCUT2D eigenvalue weighted by Crippen LogP contribution is -2.13. The number of aryl methyl sites for hydroxylation is 1. The molecule has 104 valence electrons. The van der Waals surface area contributed by atoms with Crippen LogP contribution in [-0.2, 0) is 0 Å². The summed E-state index contributed by atoms with van der Waals surface area (Å²) in [6.45, 7) is 4.74. The maximum Gasteiger partial charge on any atom is 0.255 e. The molecule has 1 aromatic heterocycles. The van der Waals surface area contributed by atoms with Gasteiger partial charge in [-0.05, 0) is 43.7 Å². The van der Waals surface area contributed by atoms with Crippen LogP contribution in [0.25, 0.3) is 0 Å². The van der Waals surface area contributed by atoms with Gasteiger partial charge in [0.1, 0.15) is 0 Å². The maximum absolute atomic E-state index is 13.4. The molecule has 1 aromatic carbocycles. The van der Waals surface area contributed by atoms with Gasteiger partial charge < -0.3 is 10.6 Å². The molecule has 0 aliphatic carbocycles. The Labute approximate surface area is 117 Å². The number of nitrogens with zero attached hydrogens (tertiary/aromatic N) is 1. The summed E-state index contributed by atoms with van der Waals surface area (Å²) in [6.07, 6.45) is 2.49. The minimum atomic E-state index is -0.554. The molecule has 0 aliphatic rings. The molecule has 1 heterocycles. The minimum Gasteiger partial charge on any atom is -0.385 e. The van der Waals surface area contributed by atoms with E-state index in [4.69, 9.17) is 0 Å². The average Bonchev–Trinajstić information content (AvgIpc) is 2.43. The second-order valence-corrected chi connectivity index (χ2v) is 4.37. The number of benzene rings is 1. The van der Waals surface area contributed by atoms with E-state index in [0.717, 1.165) is 24.0 Å². The Balaban J connectivity index is 2.18. The van der Waals surface area contributed by atoms with E-state index in [1.165, 1.54) is 12.3 Å². The first-order valence-electron chi connectivity index (χ1n) is 6.37. The molecule has 0 atom stereocenters. The Bertz CT molecular complexity index is 628. The number of anilines is 2. The third-order valence-corrected chi connectivity index (χ3v) is 2.88. The van der Waals surface area contributed by atoms with Gasteiger partial charge in [0, 0.05) is 24.0 Å². The summed E-state index contributed by atoms with van der Waals surface area (Å²) in [5.41, 5.74) is 2.56. The van der Waals surface area contributed by atoms with E-state index in [-0.39, 0.29) is 11.6 Å². The van der Waals surface area contributed by atoms with Crippen molar-refractivity contribution in [2.75, 3.05) is 17.2 Å². The summed E-state index contributed by atoms with van der Waals surface area (Å²) in [4.78, 5) is 15.7. The number of carbonyl (C=O) groups is 1. The fourth-order valence-corrected chi connectivity index (χ4v) is 1.86. The van der Waals surface area contributed by atoms with Gasteiger partial charge in [-0.15, -0.1) is 0 Å². The van der Waals surface area contributed by atoms with E-state index >= 15 is 0 Å². The van der Waals surface area contributed by atoms with Crippen LogP contribution in [0.1, 0.15) is 22.8 Å². The lowest BCUT2D eigenvalue weighted by molar-refractivity contribution is 0.102. The van der Waals surface area contributed by atoms with Gasteiger partial charge in [0.05, 0.1) is 11.9 Å². The van der Waals surface area contributed by atoms with Crippen molar-refractivity contribution in [1.29, 1.82) is 0 Å². The predicted molar refractivity (Wildman–Crippen MR) is 77.5 cm³/mol. The van der Waals surface area contributed by atoms with Crippen molar-refractivity contribution in [1.82, 2.24) is 4.98 Å². The molecular formula is C15H16FN3O. The first-order chi connectivity index (χ1) is 9.61. The molecule has 0 aliphatic heterocycles. The third-order valence-electron chi connectivity index (χ3n) is 2.88. The number of pyridine rings is 1. The van der Waals surface area contributed by atoms with Crippen molar-refractivity contribution in [3.8, 4) is 0 Å². The molecule has 0 bridgehead atoms. The van der Waals surface area contributed by atoms with Gasteiger partial charge in [-0.2, -0.15) is 0 Å². The molecular weight excluding hydrogens is 257 g/mol. The number of hydrogen-bond donors (Lipinski definition) is 2. The quantitative estimate of drug-likeness (QED) is 0.899. The van der Waals surface area contributed by atoms with Crippen LogP contribution in [0, 0.1) is 12.7 Å². The summed E-state index contributed by atoms with van der Waals surface area (Å²) in [7, 11) is 0. The molecule has 0 saturated carbocycles. The summed E-state index contributed by atoms with van der Waals surface area (Å²) in [5.74, 6) is -0.900. The molecule has 20 heavy (non-hydrogen) atoms. The standard InChI is InChI=1S/C15H16FN3O/c1-3-18-13-5-4-11(8-10(13)2)15(20)19-14-6-7-17-9-12(14)16/h4-9,18H,3H2,1-2H3,(H,17,19,20). The van der Waals surface area contributed by atoms with Gasteiger partial charge in [0.25, 0.3) is 5.91 Å². The van der Waals surface area contributed by atoms with Crippen LogP contribution < -0.4 is 10.6 Å². The lowest BCUT2D eigenvalue weighted by Gasteiger charge is -2.10. The Hall–Kier alpha value is -2.43. The van der Waals surface area contributed by atoms with Gasteiger partial charge in [0.2, 0.25) is 0 Å². The van der Waals surface area contributed by atoms with Crippen molar-refractivity contribution < 1.29 is 9.18 Å². The monoisotopic (exact) mass is 273 g/mol. The van der Waals surface area contributed by atoms with Crippen molar-refractivity contribution in [3.63, 3.8) is 0 Å². The van der Waals surface area contributed by atoms with Crippen LogP contribution >= 0.6 is 0 Å². The normalized spacial score (nSPS) is 10.2. The van der Waals surface area contributed by atoms with E-state index in [0.29, 0.717) is 5.56 Å². The summed E-state index contributed by atoms with van der Waals surface area (Å²) < 4.78 is 13.4. The molecule has 0 radical (unpaired) electrons. The highest BCUT2D eigenvalue weighted by Gasteiger charge is 2.10. The number of halogens is 1. The number of hydrogen-bond acceptors (Lipinski definition) is 3. The SMILES string of the molecule is CCNc1ccc(C(=O)Nc2ccncc2F)cc1C. The maximum atomic E-state index is 13.4. The molecule has 0 fully saturated rings. The first-order valence-corrected chi connectivity index (χ1v) is 6.37. The molecule has 0 saturated heterocycles. The van der Waals surface area contributed by atoms with Gasteiger partial charge in [-0.3, -0.25) is 9.78 Å². The summed E-state index contributed by atoms with van der Waals surface area (Å²) >= 11 is 0. The van der Waals surface area contributed by atoms with Crippen LogP contribution in [0.3, 0.4) is 0 Å². The zero-order valence-electron chi connectivity index (χ0n) is 11.4. The van der Waals surface area contributed by atoms with Gasteiger partial charge in [0.15, 0.2) is 5.82 Å². The fraction of sp³-hybridized carbons (Fsp3) is 0.200. The molecule has 2 rings (SSSR count). The van der Waals surface area contributed by atoms with Gasteiger partial charge >= 0.3 is 0 Å². The zero-order chi connectivity index (χ0) is 14.5. The Morgan fingerprint density at radius 3 is 2.75 bits per heavy atom. The van der Waals surface area contributed by atoms with Crippen LogP contribution in [0.4, 0.5) is 15.8 Å². The molecule has 1 amide bonds. The van der Waals surface area contributed by atoms with E-state index < -0.39 is 5.82 Å². The van der Waals surface area contributed by atoms with E-state index in [2.05, 4.69) is 15.6 Å². The highest BCUT2D eigenvalue weighted by Crippen LogP contribution is 2.18. The van der Waals surface area contributed by atoms with Gasteiger partial charge in [-0.1, -0.05) is 0 Å². The number of nitrogens with one attached hydrogen (secondary N) is 2. The number of aromatic nitrogens is 1. The summed E-state index contributed by atoms with van der Waals surface area (Å²) in [5, 5.41) is 5.73. The van der Waals surface area contributed by atoms with Gasteiger partial charge in [-0.25, -0.2) is 4.39 Å². The Morgan fingerprint density at radius 1 is 1.30 bits per heavy atom. The highest BCUT2D eigenvalue weighted by molar-refractivity contribution is 6.04. The topological polar surface area (TPSA) is 54.0 Å². The first kappa shape index (κ1) is 14.0. The number of carbonyl (C=O) groups excluding carboxylic acids is 1. The predicted octanol–water partition coefficient (Wildman–Crippen LogP) is 3.21. The molecule has 0 spiro atoms. The molecule has 2 N–H and O–H groups in total. The molecule has 4 nitrogen and oxygen atoms in total. The van der Waals surface area contributed by atoms with Crippen molar-refractivity contribution in [2.24, 2.45) is 0 Å². The van der Waals surface area contributed by atoms with Crippen LogP contribution in [0.15, 0.2) is 36.7 Å². The largest absolute Gasteiger partial charge is 0.385 e. The van der Waals surface area contributed by atoms with Crippen LogP contribution in [0.5, 0.6) is 0 Å². The highest BCUT2D eigenvalue weighted by atomic mass is 19.1. The third kappa shape index (κ3) is 3.12. The number of rotatable bonds is 4. The van der Waals surface area contributed by atoms with E-state index in [9.17, 15) is 9.18 Å². The Morgan fingerprint density at radius 2 is 2.10 bits per heavy atom. The van der Waals surface area contributed by atoms with Crippen molar-refractivity contribution >= 4 is 17.3 Å². The van der Waals surface area contributed by atoms with E-state index in [1.807, 2.05) is 19.9 Å². The van der Waals surface area contributed by atoms with Crippen LogP contribution in [-0.4, -0.2) is 17.4 Å². The molecule has 0 unspecified atom stereocenters. The smallest absolute Gasteiger partial charge is 0.255 e. The fourth-order valence-electron chi connectivity index (χ4n) is 1.86. The van der Waals surface area contributed by atoms with Crippen molar-refractivity contribution in [2.45, 2.75) is 13.8 Å². The minimum absolute atomic E-state index is 0.124. The second kappa shape index (κ2) is 6.14. The lowest BCUT2D eigenvalue weighted by atomic mass is 10.1. The Kier molecular flexibility index (Phi) is 4.30. The second-order valence-electron chi connectivity index (χ2n) is 4.37. The van der Waals surface area contributed by atoms with E-state index in [1.54, 1.807) is 12.1 Å². The average molecular weight is 273 g/mol. The number of amides is 1. The van der Waals surface area contributed by atoms with Crippen LogP contribution in [0.2, 0.25) is 0 Å².